The fourth-order valence-corrected chi connectivity index (χ4v) is 0.445. The molecule has 3 N–H and O–H groups in total. The van der Waals surface area contributed by atoms with E-state index in [1.807, 2.05) is 0 Å². The Morgan fingerprint density at radius 1 is 1.67 bits per heavy atom. The maximum absolute atomic E-state index is 9.85. The van der Waals surface area contributed by atoms with Gasteiger partial charge < -0.3 is 15.6 Å². The van der Waals surface area contributed by atoms with Crippen LogP contribution in [-0.2, 0) is 9.53 Å². The summed E-state index contributed by atoms with van der Waals surface area (Å²) in [5.41, 5.74) is 4.50. The molecule has 0 aromatic rings. The van der Waals surface area contributed by atoms with Crippen LogP contribution >= 0.6 is 0 Å². The molecule has 1 fully saturated rings. The summed E-state index contributed by atoms with van der Waals surface area (Å²) >= 11 is 0. The van der Waals surface area contributed by atoms with Crippen LogP contribution < -0.4 is 5.73 Å². The Morgan fingerprint density at radius 3 is 2.00 bits per heavy atom. The van der Waals surface area contributed by atoms with Crippen LogP contribution in [0, 0.1) is 0 Å². The van der Waals surface area contributed by atoms with Gasteiger partial charge in [-0.2, -0.15) is 0 Å². The molecule has 0 bridgehead atoms. The standard InChI is InChI=1S/C4H6O3.CH5N/c1-2-3(7-2)4(5)6;1-2/h2-3H,1H3,(H,5,6);2H2,1H3/t2-,3-;/m1./s1. The molecule has 54 valence electrons. The second-order valence-corrected chi connectivity index (χ2v) is 1.60. The van der Waals surface area contributed by atoms with E-state index in [4.69, 9.17) is 5.11 Å². The molecular weight excluding hydrogens is 122 g/mol. The predicted octanol–water partition coefficient (Wildman–Crippen LogP) is -0.567. The van der Waals surface area contributed by atoms with Crippen LogP contribution in [0.25, 0.3) is 0 Å². The van der Waals surface area contributed by atoms with Gasteiger partial charge in [0.2, 0.25) is 0 Å². The molecule has 1 aliphatic rings. The number of hydrogen-bond donors (Lipinski definition) is 2. The Balaban J connectivity index is 0.000000291. The molecule has 0 unspecified atom stereocenters. The lowest BCUT2D eigenvalue weighted by Gasteiger charge is -1.74. The van der Waals surface area contributed by atoms with Crippen molar-refractivity contribution >= 4 is 5.97 Å². The number of ether oxygens (including phenoxy) is 1. The lowest BCUT2D eigenvalue weighted by atomic mass is 10.4. The van der Waals surface area contributed by atoms with Crippen LogP contribution in [0.15, 0.2) is 0 Å². The molecule has 0 aromatic heterocycles. The summed E-state index contributed by atoms with van der Waals surface area (Å²) in [5, 5.41) is 8.10. The molecular formula is C5H11NO3. The minimum atomic E-state index is -0.854. The van der Waals surface area contributed by atoms with E-state index in [1.165, 1.54) is 7.05 Å². The first-order chi connectivity index (χ1) is 4.22. The van der Waals surface area contributed by atoms with Gasteiger partial charge in [0.05, 0.1) is 6.10 Å². The molecule has 2 atom stereocenters. The van der Waals surface area contributed by atoms with E-state index in [9.17, 15) is 4.79 Å². The van der Waals surface area contributed by atoms with Crippen molar-refractivity contribution in [2.45, 2.75) is 19.1 Å². The van der Waals surface area contributed by atoms with Gasteiger partial charge in [0, 0.05) is 0 Å². The zero-order valence-electron chi connectivity index (χ0n) is 5.50. The maximum Gasteiger partial charge on any atom is 0.335 e. The van der Waals surface area contributed by atoms with Crippen LogP contribution in [0.1, 0.15) is 6.92 Å². The largest absolute Gasteiger partial charge is 0.479 e. The third kappa shape index (κ3) is 2.43. The van der Waals surface area contributed by atoms with Crippen molar-refractivity contribution in [1.29, 1.82) is 0 Å². The molecule has 1 aliphatic heterocycles. The topological polar surface area (TPSA) is 75.8 Å². The van der Waals surface area contributed by atoms with E-state index in [1.54, 1.807) is 6.92 Å². The average molecular weight is 133 g/mol. The Bertz CT molecular complexity index is 104. The Kier molecular flexibility index (Phi) is 3.19. The lowest BCUT2D eigenvalue weighted by Crippen LogP contribution is -2.05. The summed E-state index contributed by atoms with van der Waals surface area (Å²) in [7, 11) is 1.50. The highest BCUT2D eigenvalue weighted by molar-refractivity contribution is 5.75. The van der Waals surface area contributed by atoms with Crippen molar-refractivity contribution in [3.8, 4) is 0 Å². The summed E-state index contributed by atoms with van der Waals surface area (Å²) in [6.45, 7) is 1.73. The van der Waals surface area contributed by atoms with Crippen LogP contribution in [0.2, 0.25) is 0 Å². The van der Waals surface area contributed by atoms with Crippen LogP contribution in [0.4, 0.5) is 0 Å². The Labute approximate surface area is 53.6 Å². The molecule has 4 heteroatoms. The van der Waals surface area contributed by atoms with Gasteiger partial charge in [-0.05, 0) is 14.0 Å². The summed E-state index contributed by atoms with van der Waals surface area (Å²) in [6.07, 6.45) is -0.572. The predicted molar refractivity (Wildman–Crippen MR) is 32.1 cm³/mol. The van der Waals surface area contributed by atoms with Crippen LogP contribution in [0.3, 0.4) is 0 Å². The first-order valence-corrected chi connectivity index (χ1v) is 2.68. The van der Waals surface area contributed by atoms with Gasteiger partial charge in [0.1, 0.15) is 0 Å². The van der Waals surface area contributed by atoms with Crippen molar-refractivity contribution < 1.29 is 14.6 Å². The van der Waals surface area contributed by atoms with Crippen molar-refractivity contribution in [2.75, 3.05) is 7.05 Å². The summed E-state index contributed by atoms with van der Waals surface area (Å²) < 4.78 is 4.58. The fourth-order valence-electron chi connectivity index (χ4n) is 0.445. The Hall–Kier alpha value is -0.610. The number of carboxylic acids is 1. The SMILES string of the molecule is CN.C[C@H]1O[C@H]1C(=O)O. The third-order valence-electron chi connectivity index (χ3n) is 0.954. The minimum Gasteiger partial charge on any atom is -0.479 e. The van der Waals surface area contributed by atoms with E-state index in [-0.39, 0.29) is 6.10 Å². The van der Waals surface area contributed by atoms with E-state index in [0.717, 1.165) is 0 Å². The number of rotatable bonds is 1. The lowest BCUT2D eigenvalue weighted by molar-refractivity contribution is -0.138. The van der Waals surface area contributed by atoms with Gasteiger partial charge >= 0.3 is 5.97 Å². The van der Waals surface area contributed by atoms with Gasteiger partial charge in [0.25, 0.3) is 0 Å². The normalized spacial score (nSPS) is 30.1. The van der Waals surface area contributed by atoms with E-state index < -0.39 is 12.1 Å². The first-order valence-electron chi connectivity index (χ1n) is 2.68. The fraction of sp³-hybridized carbons (Fsp3) is 0.800. The minimum absolute atomic E-state index is 0.0579. The van der Waals surface area contributed by atoms with Gasteiger partial charge in [0.15, 0.2) is 6.10 Å². The molecule has 0 amide bonds. The van der Waals surface area contributed by atoms with E-state index in [0.29, 0.717) is 0 Å². The maximum atomic E-state index is 9.85. The van der Waals surface area contributed by atoms with Gasteiger partial charge in [-0.3, -0.25) is 0 Å². The average Bonchev–Trinajstić information content (AvgIpc) is 2.52. The number of nitrogens with two attached hydrogens (primary N) is 1. The number of hydrogen-bond acceptors (Lipinski definition) is 3. The number of carbonyl (C=O) groups is 1. The molecule has 0 aliphatic carbocycles. The zero-order valence-corrected chi connectivity index (χ0v) is 5.50. The van der Waals surface area contributed by atoms with Crippen LogP contribution in [0.5, 0.6) is 0 Å². The molecule has 0 saturated carbocycles. The highest BCUT2D eigenvalue weighted by Gasteiger charge is 2.40. The molecule has 4 nitrogen and oxygen atoms in total. The summed E-state index contributed by atoms with van der Waals surface area (Å²) in [5.74, 6) is -0.854. The molecule has 1 heterocycles. The second-order valence-electron chi connectivity index (χ2n) is 1.60. The van der Waals surface area contributed by atoms with Crippen molar-refractivity contribution in [3.63, 3.8) is 0 Å². The van der Waals surface area contributed by atoms with Crippen LogP contribution in [-0.4, -0.2) is 30.3 Å². The highest BCUT2D eigenvalue weighted by Crippen LogP contribution is 2.20. The first kappa shape index (κ1) is 8.39. The van der Waals surface area contributed by atoms with Crippen molar-refractivity contribution in [3.05, 3.63) is 0 Å². The molecule has 0 aromatic carbocycles. The summed E-state index contributed by atoms with van der Waals surface area (Å²) in [4.78, 5) is 9.85. The van der Waals surface area contributed by atoms with Crippen molar-refractivity contribution in [1.82, 2.24) is 0 Å². The van der Waals surface area contributed by atoms with Gasteiger partial charge in [-0.25, -0.2) is 4.79 Å². The number of carboxylic acid groups (broad SMARTS) is 1. The van der Waals surface area contributed by atoms with Gasteiger partial charge in [-0.1, -0.05) is 0 Å². The number of aliphatic carboxylic acids is 1. The zero-order chi connectivity index (χ0) is 7.44. The van der Waals surface area contributed by atoms with Crippen molar-refractivity contribution in [2.24, 2.45) is 5.73 Å². The quantitative estimate of drug-likeness (QED) is 0.470. The van der Waals surface area contributed by atoms with Gasteiger partial charge in [-0.15, -0.1) is 0 Å². The van der Waals surface area contributed by atoms with E-state index in [2.05, 4.69) is 10.5 Å². The molecule has 0 spiro atoms. The van der Waals surface area contributed by atoms with E-state index >= 15 is 0 Å². The monoisotopic (exact) mass is 133 g/mol. The Morgan fingerprint density at radius 2 is 2.00 bits per heavy atom. The number of epoxide rings is 1. The third-order valence-corrected chi connectivity index (χ3v) is 0.954. The molecule has 9 heavy (non-hydrogen) atoms. The molecule has 1 rings (SSSR count). The highest BCUT2D eigenvalue weighted by atomic mass is 16.6. The summed E-state index contributed by atoms with van der Waals surface area (Å²) in [6, 6.07) is 0. The molecule has 1 saturated heterocycles. The second kappa shape index (κ2) is 3.42. The smallest absolute Gasteiger partial charge is 0.335 e. The molecule has 0 radical (unpaired) electrons.